The fourth-order valence-electron chi connectivity index (χ4n) is 1.97. The summed E-state index contributed by atoms with van der Waals surface area (Å²) in [6.45, 7) is 1.77. The van der Waals surface area contributed by atoms with Crippen LogP contribution in [0.5, 0.6) is 0 Å². The van der Waals surface area contributed by atoms with Crippen molar-refractivity contribution < 1.29 is 4.42 Å². The lowest BCUT2D eigenvalue weighted by Gasteiger charge is -2.01. The Labute approximate surface area is 115 Å². The van der Waals surface area contributed by atoms with E-state index in [0.29, 0.717) is 22.7 Å². The number of hydrogen-bond donors (Lipinski definition) is 0. The van der Waals surface area contributed by atoms with Crippen LogP contribution in [0.3, 0.4) is 0 Å². The first kappa shape index (κ1) is 12.3. The quantitative estimate of drug-likeness (QED) is 0.527. The molecule has 0 N–H and O–H groups in total. The van der Waals surface area contributed by atoms with Crippen molar-refractivity contribution in [2.24, 2.45) is 4.99 Å². The first-order valence-electron chi connectivity index (χ1n) is 6.23. The minimum Gasteiger partial charge on any atom is -0.422 e. The molecule has 4 nitrogen and oxygen atoms in total. The summed E-state index contributed by atoms with van der Waals surface area (Å²) < 4.78 is 5.29. The van der Waals surface area contributed by atoms with Crippen molar-refractivity contribution >= 4 is 22.5 Å². The molecule has 1 aromatic carbocycles. The number of para-hydroxylation sites is 1. The molecule has 0 saturated heterocycles. The minimum absolute atomic E-state index is 0.388. The molecule has 0 aliphatic heterocycles. The number of benzene rings is 1. The Morgan fingerprint density at radius 2 is 1.95 bits per heavy atom. The summed E-state index contributed by atoms with van der Waals surface area (Å²) in [5.41, 5.74) is 1.23. The van der Waals surface area contributed by atoms with Gasteiger partial charge in [0.15, 0.2) is 5.82 Å². The summed E-state index contributed by atoms with van der Waals surface area (Å²) in [5.74, 6) is 0.567. The molecule has 0 atom stereocenters. The topological polar surface area (TPSA) is 55.5 Å². The van der Waals surface area contributed by atoms with E-state index in [1.165, 1.54) is 0 Å². The highest BCUT2D eigenvalue weighted by atomic mass is 16.4. The number of pyridine rings is 1. The second kappa shape index (κ2) is 5.09. The second-order valence-corrected chi connectivity index (χ2v) is 4.37. The number of fused-ring (bicyclic) bond motifs is 1. The van der Waals surface area contributed by atoms with E-state index in [2.05, 4.69) is 9.98 Å². The van der Waals surface area contributed by atoms with E-state index in [9.17, 15) is 4.79 Å². The lowest BCUT2D eigenvalue weighted by molar-refractivity contribution is 0.559. The molecule has 0 saturated carbocycles. The molecule has 0 aliphatic carbocycles. The van der Waals surface area contributed by atoms with E-state index in [4.69, 9.17) is 4.42 Å². The summed E-state index contributed by atoms with van der Waals surface area (Å²) in [6, 6.07) is 14.6. The standard InChI is InChI=1S/C16H12N2O2/c1-11(18-15-8-4-5-9-17-15)13-10-12-6-2-3-7-14(12)20-16(13)19/h2-10H,1H3. The lowest BCUT2D eigenvalue weighted by atomic mass is 10.1. The Hall–Kier alpha value is -2.75. The van der Waals surface area contributed by atoms with Crippen molar-refractivity contribution in [3.63, 3.8) is 0 Å². The maximum atomic E-state index is 12.0. The van der Waals surface area contributed by atoms with Crippen molar-refractivity contribution in [2.45, 2.75) is 6.92 Å². The third-order valence-electron chi connectivity index (χ3n) is 2.96. The molecule has 2 heterocycles. The van der Waals surface area contributed by atoms with Crippen LogP contribution < -0.4 is 5.63 Å². The molecular weight excluding hydrogens is 252 g/mol. The van der Waals surface area contributed by atoms with Gasteiger partial charge in [0.1, 0.15) is 5.58 Å². The van der Waals surface area contributed by atoms with Crippen LogP contribution >= 0.6 is 0 Å². The van der Waals surface area contributed by atoms with E-state index in [0.717, 1.165) is 5.39 Å². The Balaban J connectivity index is 2.12. The third-order valence-corrected chi connectivity index (χ3v) is 2.96. The summed E-state index contributed by atoms with van der Waals surface area (Å²) in [4.78, 5) is 20.5. The van der Waals surface area contributed by atoms with E-state index < -0.39 is 0 Å². The Bertz CT molecular complexity index is 836. The fraction of sp³-hybridized carbons (Fsp3) is 0.0625. The van der Waals surface area contributed by atoms with Gasteiger partial charge in [0.2, 0.25) is 0 Å². The van der Waals surface area contributed by atoms with Crippen LogP contribution in [0.25, 0.3) is 11.0 Å². The van der Waals surface area contributed by atoms with Gasteiger partial charge in [0.25, 0.3) is 0 Å². The van der Waals surface area contributed by atoms with Crippen LogP contribution in [0, 0.1) is 0 Å². The molecule has 0 fully saturated rings. The Morgan fingerprint density at radius 3 is 2.75 bits per heavy atom. The summed E-state index contributed by atoms with van der Waals surface area (Å²) in [6.07, 6.45) is 1.66. The molecule has 20 heavy (non-hydrogen) atoms. The van der Waals surface area contributed by atoms with Crippen molar-refractivity contribution in [3.05, 3.63) is 70.7 Å². The maximum absolute atomic E-state index is 12.0. The highest BCUT2D eigenvalue weighted by Crippen LogP contribution is 2.14. The molecule has 2 aromatic heterocycles. The van der Waals surface area contributed by atoms with Crippen molar-refractivity contribution in [1.29, 1.82) is 0 Å². The van der Waals surface area contributed by atoms with Crippen LogP contribution in [0.2, 0.25) is 0 Å². The van der Waals surface area contributed by atoms with E-state index in [1.54, 1.807) is 31.3 Å². The SMILES string of the molecule is CC(=Nc1ccccn1)c1cc2ccccc2oc1=O. The molecule has 0 spiro atoms. The first-order valence-corrected chi connectivity index (χ1v) is 6.23. The van der Waals surface area contributed by atoms with Gasteiger partial charge in [-0.05, 0) is 31.2 Å². The van der Waals surface area contributed by atoms with Crippen LogP contribution in [0.15, 0.2) is 68.9 Å². The molecular formula is C16H12N2O2. The molecule has 3 aromatic rings. The van der Waals surface area contributed by atoms with Gasteiger partial charge in [-0.3, -0.25) is 0 Å². The average Bonchev–Trinajstić information content (AvgIpc) is 2.47. The third kappa shape index (κ3) is 2.36. The average molecular weight is 264 g/mol. The van der Waals surface area contributed by atoms with Crippen LogP contribution in [0.4, 0.5) is 5.82 Å². The van der Waals surface area contributed by atoms with Gasteiger partial charge in [-0.1, -0.05) is 24.3 Å². The van der Waals surface area contributed by atoms with Gasteiger partial charge in [-0.25, -0.2) is 14.8 Å². The minimum atomic E-state index is -0.388. The smallest absolute Gasteiger partial charge is 0.345 e. The second-order valence-electron chi connectivity index (χ2n) is 4.37. The summed E-state index contributed by atoms with van der Waals surface area (Å²) >= 11 is 0. The zero-order valence-corrected chi connectivity index (χ0v) is 10.9. The van der Waals surface area contributed by atoms with Crippen LogP contribution in [-0.2, 0) is 0 Å². The van der Waals surface area contributed by atoms with Gasteiger partial charge in [-0.15, -0.1) is 0 Å². The summed E-state index contributed by atoms with van der Waals surface area (Å²) in [5, 5.41) is 0.873. The van der Waals surface area contributed by atoms with E-state index >= 15 is 0 Å². The Morgan fingerprint density at radius 1 is 1.15 bits per heavy atom. The predicted molar refractivity (Wildman–Crippen MR) is 78.6 cm³/mol. The van der Waals surface area contributed by atoms with E-state index in [-0.39, 0.29) is 5.63 Å². The van der Waals surface area contributed by atoms with Crippen molar-refractivity contribution in [3.8, 4) is 0 Å². The zero-order chi connectivity index (χ0) is 13.9. The monoisotopic (exact) mass is 264 g/mol. The van der Waals surface area contributed by atoms with Crippen molar-refractivity contribution in [2.75, 3.05) is 0 Å². The molecule has 0 radical (unpaired) electrons. The fourth-order valence-corrected chi connectivity index (χ4v) is 1.97. The van der Waals surface area contributed by atoms with Gasteiger partial charge in [0, 0.05) is 11.6 Å². The number of aromatic nitrogens is 1. The zero-order valence-electron chi connectivity index (χ0n) is 10.9. The predicted octanol–water partition coefficient (Wildman–Crippen LogP) is 3.33. The molecule has 98 valence electrons. The maximum Gasteiger partial charge on any atom is 0.345 e. The highest BCUT2D eigenvalue weighted by Gasteiger charge is 2.08. The highest BCUT2D eigenvalue weighted by molar-refractivity contribution is 6.01. The number of hydrogen-bond acceptors (Lipinski definition) is 4. The molecule has 3 rings (SSSR count). The Kier molecular flexibility index (Phi) is 3.13. The molecule has 4 heteroatoms. The lowest BCUT2D eigenvalue weighted by Crippen LogP contribution is -2.11. The molecule has 0 bridgehead atoms. The van der Waals surface area contributed by atoms with Gasteiger partial charge >= 0.3 is 5.63 Å². The van der Waals surface area contributed by atoms with Crippen LogP contribution in [0.1, 0.15) is 12.5 Å². The van der Waals surface area contributed by atoms with Gasteiger partial charge < -0.3 is 4.42 Å². The number of aliphatic imine (C=N–C) groups is 1. The number of nitrogens with zero attached hydrogens (tertiary/aromatic N) is 2. The van der Waals surface area contributed by atoms with Crippen molar-refractivity contribution in [1.82, 2.24) is 4.98 Å². The molecule has 0 unspecified atom stereocenters. The molecule has 0 amide bonds. The largest absolute Gasteiger partial charge is 0.422 e. The van der Waals surface area contributed by atoms with E-state index in [1.807, 2.05) is 30.3 Å². The normalized spacial score (nSPS) is 11.8. The van der Waals surface area contributed by atoms with Gasteiger partial charge in [-0.2, -0.15) is 0 Å². The van der Waals surface area contributed by atoms with Crippen LogP contribution in [-0.4, -0.2) is 10.7 Å². The number of rotatable bonds is 2. The summed E-state index contributed by atoms with van der Waals surface area (Å²) in [7, 11) is 0. The van der Waals surface area contributed by atoms with Gasteiger partial charge in [0.05, 0.1) is 11.3 Å². The first-order chi connectivity index (χ1) is 9.74. The molecule has 0 aliphatic rings.